The molecule has 0 aromatic heterocycles. The molecule has 0 aliphatic heterocycles. The summed E-state index contributed by atoms with van der Waals surface area (Å²) in [4.78, 5) is 94.8. The molecule has 0 unspecified atom stereocenters. The Morgan fingerprint density at radius 2 is 0.269 bits per heavy atom. The lowest BCUT2D eigenvalue weighted by Crippen LogP contribution is -3.02. The van der Waals surface area contributed by atoms with Crippen molar-refractivity contribution in [3.63, 3.8) is 0 Å². The van der Waals surface area contributed by atoms with E-state index in [4.69, 9.17) is 0 Å². The topological polar surface area (TPSA) is 588 Å². The van der Waals surface area contributed by atoms with Crippen molar-refractivity contribution >= 4 is 34.7 Å². The zero-order valence-corrected chi connectivity index (χ0v) is 38.1. The lowest BCUT2D eigenvalue weighted by atomic mass is 9.38. The summed E-state index contributed by atoms with van der Waals surface area (Å²) in [5, 5.41) is 272. The number of Topliss-reactive ketones (excluding diaryl/α,β-unsaturated/α-hetero) is 6. The fourth-order valence-electron chi connectivity index (χ4n) is 9.21. The zero-order chi connectivity index (χ0) is 58.8. The van der Waals surface area contributed by atoms with Gasteiger partial charge in [-0.2, -0.15) is 0 Å². The first-order valence-electron chi connectivity index (χ1n) is 21.0. The van der Waals surface area contributed by atoms with E-state index >= 15 is 28.8 Å². The van der Waals surface area contributed by atoms with Crippen LogP contribution in [-0.2, 0) is 0 Å². The number of rotatable bonds is 12. The molecule has 0 bridgehead atoms. The van der Waals surface area contributed by atoms with Gasteiger partial charge in [0.1, 0.15) is 0 Å². The predicted octanol–water partition coefficient (Wildman–Crippen LogP) is -1.62. The largest absolute Gasteiger partial charge is 0.504 e. The first-order chi connectivity index (χ1) is 35.9. The second-order valence-corrected chi connectivity index (χ2v) is 17.4. The van der Waals surface area contributed by atoms with Crippen LogP contribution in [0, 0.1) is 0 Å². The Morgan fingerprint density at radius 1 is 0.192 bits per heavy atom. The van der Waals surface area contributed by atoms with Gasteiger partial charge in [0, 0.05) is 33.4 Å². The molecule has 0 amide bonds. The highest BCUT2D eigenvalue weighted by Crippen LogP contribution is 2.65. The molecular weight excluding hydrogens is 1060 g/mol. The van der Waals surface area contributed by atoms with Crippen LogP contribution in [0.15, 0.2) is 72.8 Å². The number of phenolic OH excluding ortho intramolecular Hbond substituents is 18. The van der Waals surface area contributed by atoms with E-state index in [2.05, 4.69) is 0 Å². The van der Waals surface area contributed by atoms with Crippen LogP contribution >= 0.6 is 0 Å². The summed E-state index contributed by atoms with van der Waals surface area (Å²) in [7, 11) is 0. The molecule has 78 heavy (non-hydrogen) atoms. The molecule has 7 rings (SSSR count). The number of aromatic hydroxyl groups is 18. The van der Waals surface area contributed by atoms with Gasteiger partial charge >= 0.3 is 0 Å². The lowest BCUT2D eigenvalue weighted by molar-refractivity contribution is -0.354. The van der Waals surface area contributed by atoms with Gasteiger partial charge in [0.25, 0.3) is 0 Å². The molecule has 24 N–H and O–H groups in total. The molecule has 0 spiro atoms. The average Bonchev–Trinajstić information content (AvgIpc) is 3.38. The summed E-state index contributed by atoms with van der Waals surface area (Å²) in [5.41, 5.74) is -48.3. The number of carbonyl (C=O) groups is 6. The Hall–Kier alpha value is -10.5. The van der Waals surface area contributed by atoms with Crippen LogP contribution in [0.2, 0.25) is 0 Å². The summed E-state index contributed by atoms with van der Waals surface area (Å²) in [6.07, 6.45) is 0. The Morgan fingerprint density at radius 3 is 0.346 bits per heavy atom. The smallest absolute Gasteiger partial charge is 0.207 e. The maximum absolute atomic E-state index is 15.8. The van der Waals surface area contributed by atoms with E-state index in [1.807, 2.05) is 0 Å². The molecule has 1 saturated carbocycles. The molecule has 0 saturated heterocycles. The van der Waals surface area contributed by atoms with Gasteiger partial charge in [-0.15, -0.1) is 0 Å². The van der Waals surface area contributed by atoms with Gasteiger partial charge in [-0.25, -0.2) is 0 Å². The maximum atomic E-state index is 15.8. The molecule has 30 heteroatoms. The maximum Gasteiger partial charge on any atom is 0.207 e. The van der Waals surface area contributed by atoms with E-state index in [1.54, 1.807) is 0 Å². The Balaban J connectivity index is 1.92. The number of phenols is 18. The fraction of sp³-hybridized carbons (Fsp3) is 0.125. The van der Waals surface area contributed by atoms with Gasteiger partial charge in [-0.05, 0) is 72.8 Å². The third-order valence-corrected chi connectivity index (χ3v) is 13.1. The van der Waals surface area contributed by atoms with Crippen molar-refractivity contribution in [2.24, 2.45) is 0 Å². The number of aliphatic hydroxyl groups is 6. The van der Waals surface area contributed by atoms with Crippen molar-refractivity contribution < 1.29 is 151 Å². The number of ketones is 6. The molecule has 0 heterocycles. The Labute approximate surface area is 428 Å². The van der Waals surface area contributed by atoms with Gasteiger partial charge in [0.05, 0.1) is 0 Å². The number of hydrogen-bond acceptors (Lipinski definition) is 30. The average molecular weight is 1090 g/mol. The van der Waals surface area contributed by atoms with Gasteiger partial charge in [0.15, 0.2) is 103 Å². The third-order valence-electron chi connectivity index (χ3n) is 13.1. The van der Waals surface area contributed by atoms with E-state index in [9.17, 15) is 123 Å². The molecule has 0 atom stereocenters. The first-order valence-corrected chi connectivity index (χ1v) is 21.0. The van der Waals surface area contributed by atoms with Crippen LogP contribution in [0.25, 0.3) is 0 Å². The fourth-order valence-corrected chi connectivity index (χ4v) is 9.21. The molecular formula is C48H36O30. The van der Waals surface area contributed by atoms with Crippen molar-refractivity contribution in [3.05, 3.63) is 106 Å². The molecule has 1 fully saturated rings. The highest BCUT2D eigenvalue weighted by molar-refractivity contribution is 6.30. The molecule has 0 radical (unpaired) electrons. The molecule has 1 aliphatic carbocycles. The van der Waals surface area contributed by atoms with Crippen LogP contribution in [0.3, 0.4) is 0 Å². The van der Waals surface area contributed by atoms with Crippen LogP contribution in [0.4, 0.5) is 0 Å². The van der Waals surface area contributed by atoms with E-state index in [-0.39, 0.29) is 72.8 Å². The van der Waals surface area contributed by atoms with Crippen molar-refractivity contribution in [2.75, 3.05) is 0 Å². The SMILES string of the molecule is O=C(c1cc(O)c(O)c(O)c1)C1(O)C(O)(C(=O)c2cc(O)c(O)c(O)c2)C(O)(C(=O)c2cc(O)c(O)c(O)c2)C(O)(C(=O)c2cc(O)c(O)c(O)c2)C(O)(C(=O)c2cc(O)c(O)c(O)c2)C1(O)C(=O)c1cc(O)c(O)c(O)c1. The van der Waals surface area contributed by atoms with Crippen LogP contribution < -0.4 is 0 Å². The van der Waals surface area contributed by atoms with Crippen LogP contribution in [0.1, 0.15) is 62.1 Å². The van der Waals surface area contributed by atoms with E-state index in [0.29, 0.717) is 0 Å². The van der Waals surface area contributed by atoms with E-state index in [0.717, 1.165) is 0 Å². The minimum atomic E-state index is -6.14. The molecule has 6 aromatic rings. The van der Waals surface area contributed by atoms with Crippen molar-refractivity contribution in [1.29, 1.82) is 0 Å². The van der Waals surface area contributed by atoms with Crippen molar-refractivity contribution in [1.82, 2.24) is 0 Å². The normalized spacial score (nSPS) is 23.8. The molecule has 1 aliphatic rings. The van der Waals surface area contributed by atoms with Gasteiger partial charge in [0.2, 0.25) is 68.3 Å². The Bertz CT molecular complexity index is 2920. The van der Waals surface area contributed by atoms with Crippen LogP contribution in [-0.4, -0.2) is 191 Å². The highest BCUT2D eigenvalue weighted by Gasteiger charge is 2.98. The second-order valence-electron chi connectivity index (χ2n) is 17.4. The summed E-state index contributed by atoms with van der Waals surface area (Å²) in [5.74, 6) is -49.5. The summed E-state index contributed by atoms with van der Waals surface area (Å²) < 4.78 is 0. The lowest BCUT2D eigenvalue weighted by Gasteiger charge is -2.68. The summed E-state index contributed by atoms with van der Waals surface area (Å²) in [6.45, 7) is 0. The minimum absolute atomic E-state index is 0.149. The van der Waals surface area contributed by atoms with Gasteiger partial charge < -0.3 is 123 Å². The number of benzene rings is 6. The summed E-state index contributed by atoms with van der Waals surface area (Å²) in [6, 6.07) is -1.79. The number of hydrogen-bond donors (Lipinski definition) is 24. The first kappa shape index (κ1) is 55.3. The second kappa shape index (κ2) is 17.6. The standard InChI is InChI=1S/C48H36O30/c49-19-1-13(2-20(50)31(19)61)37(67)43(73)44(74,38(68)14-3-21(51)32(62)22(52)4-14)46(76,40(70)16-7-25(55)34(64)26(56)8-16)48(78,42(72)18-11-29(59)36(66)30(60)12-18)47(77,41(71)17-9-27(57)35(65)28(58)10-17)45(43,75)39(69)15-5-23(53)33(63)24(54)6-15/h1-12,49-66,73-78H. The molecule has 30 nitrogen and oxygen atoms in total. The van der Waals surface area contributed by atoms with E-state index < -0.39 is 205 Å². The predicted molar refractivity (Wildman–Crippen MR) is 244 cm³/mol. The van der Waals surface area contributed by atoms with E-state index in [1.165, 1.54) is 0 Å². The molecule has 408 valence electrons. The van der Waals surface area contributed by atoms with Gasteiger partial charge in [-0.3, -0.25) is 28.8 Å². The quantitative estimate of drug-likeness (QED) is 0.0484. The summed E-state index contributed by atoms with van der Waals surface area (Å²) >= 11 is 0. The highest BCUT2D eigenvalue weighted by atomic mass is 16.5. The monoisotopic (exact) mass is 1090 g/mol. The van der Waals surface area contributed by atoms with Gasteiger partial charge in [-0.1, -0.05) is 0 Å². The van der Waals surface area contributed by atoms with Crippen LogP contribution in [0.5, 0.6) is 103 Å². The third kappa shape index (κ3) is 6.85. The zero-order valence-electron chi connectivity index (χ0n) is 38.1. The molecule has 6 aromatic carbocycles. The minimum Gasteiger partial charge on any atom is -0.504 e. The van der Waals surface area contributed by atoms with Crippen molar-refractivity contribution in [3.8, 4) is 103 Å². The number of carbonyl (C=O) groups excluding carboxylic acids is 6. The Kier molecular flexibility index (Phi) is 12.4. The van der Waals surface area contributed by atoms with Crippen molar-refractivity contribution in [2.45, 2.75) is 33.6 Å².